The summed E-state index contributed by atoms with van der Waals surface area (Å²) in [7, 11) is 0. The third-order valence-corrected chi connectivity index (χ3v) is 4.01. The lowest BCUT2D eigenvalue weighted by Crippen LogP contribution is -2.12. The molecule has 0 amide bonds. The fourth-order valence-corrected chi connectivity index (χ4v) is 3.06. The average Bonchev–Trinajstić information content (AvgIpc) is 2.95. The second-order valence-corrected chi connectivity index (χ2v) is 5.05. The van der Waals surface area contributed by atoms with Gasteiger partial charge in [-0.25, -0.2) is 0 Å². The normalized spacial score (nSPS) is 13.1. The summed E-state index contributed by atoms with van der Waals surface area (Å²) in [6, 6.07) is 10.1. The second-order valence-electron chi connectivity index (χ2n) is 4.13. The fraction of sp³-hybridized carbons (Fsp3) is 0.143. The van der Waals surface area contributed by atoms with Crippen molar-refractivity contribution in [3.8, 4) is 0 Å². The molecule has 3 aromatic rings. The summed E-state index contributed by atoms with van der Waals surface area (Å²) in [5, 5.41) is 3.34. The Labute approximate surface area is 104 Å². The Morgan fingerprint density at radius 2 is 2.12 bits per heavy atom. The summed E-state index contributed by atoms with van der Waals surface area (Å²) in [6.07, 6.45) is 1.69. The smallest absolute Gasteiger partial charge is 0.127 e. The number of hydrogen-bond donors (Lipinski definition) is 1. The molecule has 0 aliphatic carbocycles. The summed E-state index contributed by atoms with van der Waals surface area (Å²) >= 11 is 1.72. The van der Waals surface area contributed by atoms with Crippen molar-refractivity contribution in [2.45, 2.75) is 13.0 Å². The van der Waals surface area contributed by atoms with Gasteiger partial charge >= 0.3 is 0 Å². The molecular formula is C14H13NOS. The minimum absolute atomic E-state index is 0.188. The molecule has 2 N–H and O–H groups in total. The maximum Gasteiger partial charge on any atom is 0.127 e. The van der Waals surface area contributed by atoms with Crippen molar-refractivity contribution in [2.24, 2.45) is 5.73 Å². The first-order valence-corrected chi connectivity index (χ1v) is 6.41. The molecule has 2 nitrogen and oxygen atoms in total. The molecule has 0 saturated carbocycles. The number of benzene rings is 1. The third kappa shape index (κ3) is 1.68. The van der Waals surface area contributed by atoms with Crippen LogP contribution in [0, 0.1) is 6.92 Å². The zero-order valence-corrected chi connectivity index (χ0v) is 10.3. The summed E-state index contributed by atoms with van der Waals surface area (Å²) in [4.78, 5) is 0. The van der Waals surface area contributed by atoms with Crippen LogP contribution < -0.4 is 5.73 Å². The highest BCUT2D eigenvalue weighted by Gasteiger charge is 2.17. The quantitative estimate of drug-likeness (QED) is 0.742. The Morgan fingerprint density at radius 3 is 2.88 bits per heavy atom. The predicted octanol–water partition coefficient (Wildman–Crippen LogP) is 3.85. The van der Waals surface area contributed by atoms with Crippen LogP contribution in [0.4, 0.5) is 0 Å². The van der Waals surface area contributed by atoms with E-state index >= 15 is 0 Å². The third-order valence-electron chi connectivity index (χ3n) is 3.03. The Morgan fingerprint density at radius 1 is 1.24 bits per heavy atom. The molecule has 0 aliphatic rings. The highest BCUT2D eigenvalue weighted by molar-refractivity contribution is 7.17. The molecule has 2 aromatic heterocycles. The molecule has 0 fully saturated rings. The highest BCUT2D eigenvalue weighted by Crippen LogP contribution is 2.32. The van der Waals surface area contributed by atoms with Crippen LogP contribution >= 0.6 is 11.3 Å². The molecule has 3 rings (SSSR count). The minimum Gasteiger partial charge on any atom is -0.467 e. The van der Waals surface area contributed by atoms with Crippen molar-refractivity contribution in [3.63, 3.8) is 0 Å². The topological polar surface area (TPSA) is 39.2 Å². The first kappa shape index (κ1) is 10.6. The summed E-state index contributed by atoms with van der Waals surface area (Å²) in [5.74, 6) is 0.853. The van der Waals surface area contributed by atoms with E-state index in [4.69, 9.17) is 10.2 Å². The zero-order valence-electron chi connectivity index (χ0n) is 9.51. The summed E-state index contributed by atoms with van der Waals surface area (Å²) < 4.78 is 6.73. The molecule has 1 aromatic carbocycles. The number of thiophene rings is 1. The number of hydrogen-bond acceptors (Lipinski definition) is 3. The van der Waals surface area contributed by atoms with Gasteiger partial charge in [-0.05, 0) is 40.9 Å². The first-order chi connectivity index (χ1) is 8.27. The standard InChI is InChI=1S/C14H13NOS/c1-9-5-7-16-13(9)12(15)11-4-2-3-10-6-8-17-14(10)11/h2-8,12H,15H2,1H3. The number of nitrogens with two attached hydrogens (primary N) is 1. The van der Waals surface area contributed by atoms with Crippen molar-refractivity contribution in [1.82, 2.24) is 0 Å². The molecule has 2 heterocycles. The zero-order chi connectivity index (χ0) is 11.8. The number of fused-ring (bicyclic) bond motifs is 1. The molecule has 0 bridgehead atoms. The molecule has 86 valence electrons. The average molecular weight is 243 g/mol. The SMILES string of the molecule is Cc1ccoc1C(N)c1cccc2ccsc12. The van der Waals surface area contributed by atoms with E-state index in [1.165, 1.54) is 10.1 Å². The largest absolute Gasteiger partial charge is 0.467 e. The van der Waals surface area contributed by atoms with Crippen LogP contribution in [0.5, 0.6) is 0 Å². The Balaban J connectivity index is 2.15. The number of furan rings is 1. The molecule has 1 unspecified atom stereocenters. The molecule has 0 saturated heterocycles. The summed E-state index contributed by atoms with van der Waals surface area (Å²) in [5.41, 5.74) is 8.54. The van der Waals surface area contributed by atoms with Gasteiger partial charge in [0.15, 0.2) is 0 Å². The van der Waals surface area contributed by atoms with Crippen molar-refractivity contribution in [1.29, 1.82) is 0 Å². The van der Waals surface area contributed by atoms with Crippen LogP contribution in [-0.2, 0) is 0 Å². The van der Waals surface area contributed by atoms with Crippen LogP contribution in [0.3, 0.4) is 0 Å². The molecule has 0 radical (unpaired) electrons. The predicted molar refractivity (Wildman–Crippen MR) is 71.3 cm³/mol. The molecule has 0 aliphatic heterocycles. The Kier molecular flexibility index (Phi) is 2.50. The van der Waals surface area contributed by atoms with Crippen LogP contribution in [0.25, 0.3) is 10.1 Å². The van der Waals surface area contributed by atoms with E-state index in [0.29, 0.717) is 0 Å². The van der Waals surface area contributed by atoms with E-state index in [-0.39, 0.29) is 6.04 Å². The lowest BCUT2D eigenvalue weighted by Gasteiger charge is -2.11. The van der Waals surface area contributed by atoms with E-state index in [9.17, 15) is 0 Å². The van der Waals surface area contributed by atoms with Gasteiger partial charge in [0.2, 0.25) is 0 Å². The molecule has 1 atom stereocenters. The van der Waals surface area contributed by atoms with Crippen LogP contribution in [-0.4, -0.2) is 0 Å². The number of aryl methyl sites for hydroxylation is 1. The maximum atomic E-state index is 6.30. The second kappa shape index (κ2) is 4.02. The van der Waals surface area contributed by atoms with Gasteiger partial charge in [-0.2, -0.15) is 0 Å². The van der Waals surface area contributed by atoms with Gasteiger partial charge in [-0.3, -0.25) is 0 Å². The van der Waals surface area contributed by atoms with Gasteiger partial charge in [-0.1, -0.05) is 18.2 Å². The minimum atomic E-state index is -0.188. The van der Waals surface area contributed by atoms with E-state index in [1.807, 2.05) is 19.1 Å². The van der Waals surface area contributed by atoms with Gasteiger partial charge in [0.05, 0.1) is 12.3 Å². The van der Waals surface area contributed by atoms with Crippen LogP contribution in [0.2, 0.25) is 0 Å². The maximum absolute atomic E-state index is 6.30. The van der Waals surface area contributed by atoms with Gasteiger partial charge in [0.1, 0.15) is 5.76 Å². The Hall–Kier alpha value is -1.58. The molecule has 3 heteroatoms. The van der Waals surface area contributed by atoms with Crippen molar-refractivity contribution in [2.75, 3.05) is 0 Å². The molecule has 0 spiro atoms. The van der Waals surface area contributed by atoms with Gasteiger partial charge < -0.3 is 10.2 Å². The highest BCUT2D eigenvalue weighted by atomic mass is 32.1. The lowest BCUT2D eigenvalue weighted by atomic mass is 10.0. The van der Waals surface area contributed by atoms with Gasteiger partial charge in [-0.15, -0.1) is 11.3 Å². The van der Waals surface area contributed by atoms with Gasteiger partial charge in [0, 0.05) is 4.70 Å². The number of rotatable bonds is 2. The van der Waals surface area contributed by atoms with E-state index in [1.54, 1.807) is 17.6 Å². The van der Waals surface area contributed by atoms with Crippen molar-refractivity contribution < 1.29 is 4.42 Å². The fourth-order valence-electron chi connectivity index (χ4n) is 2.11. The molecule has 17 heavy (non-hydrogen) atoms. The first-order valence-electron chi connectivity index (χ1n) is 5.53. The monoisotopic (exact) mass is 243 g/mol. The summed E-state index contributed by atoms with van der Waals surface area (Å²) in [6.45, 7) is 2.02. The van der Waals surface area contributed by atoms with Crippen molar-refractivity contribution >= 4 is 21.4 Å². The molecular weight excluding hydrogens is 230 g/mol. The van der Waals surface area contributed by atoms with Crippen LogP contribution in [0.15, 0.2) is 46.4 Å². The van der Waals surface area contributed by atoms with E-state index in [2.05, 4.69) is 23.6 Å². The van der Waals surface area contributed by atoms with E-state index in [0.717, 1.165) is 16.9 Å². The van der Waals surface area contributed by atoms with Crippen molar-refractivity contribution in [3.05, 3.63) is 58.9 Å². The lowest BCUT2D eigenvalue weighted by molar-refractivity contribution is 0.488. The Bertz CT molecular complexity index is 653. The van der Waals surface area contributed by atoms with E-state index < -0.39 is 0 Å². The van der Waals surface area contributed by atoms with Crippen LogP contribution in [0.1, 0.15) is 22.9 Å². The van der Waals surface area contributed by atoms with Gasteiger partial charge in [0.25, 0.3) is 0 Å².